The van der Waals surface area contributed by atoms with E-state index < -0.39 is 0 Å². The van der Waals surface area contributed by atoms with E-state index in [4.69, 9.17) is 4.52 Å². The van der Waals surface area contributed by atoms with Crippen LogP contribution < -0.4 is 10.6 Å². The molecular weight excluding hydrogens is 242 g/mol. The van der Waals surface area contributed by atoms with Crippen LogP contribution in [0.1, 0.15) is 19.0 Å². The average Bonchev–Trinajstić information content (AvgIpc) is 2.97. The maximum atomic E-state index is 12.1. The monoisotopic (exact) mass is 259 g/mol. The van der Waals surface area contributed by atoms with Crippen LogP contribution >= 0.6 is 0 Å². The van der Waals surface area contributed by atoms with Crippen molar-refractivity contribution in [3.05, 3.63) is 30.0 Å². The van der Waals surface area contributed by atoms with E-state index in [1.807, 2.05) is 24.3 Å². The summed E-state index contributed by atoms with van der Waals surface area (Å²) >= 11 is 0. The fraction of sp³-hybridized carbons (Fsp3) is 0.429. The molecule has 1 atom stereocenters. The molecule has 1 aliphatic heterocycles. The van der Waals surface area contributed by atoms with Crippen molar-refractivity contribution < 1.29 is 9.32 Å². The Bertz CT molecular complexity index is 600. The number of amides is 1. The number of hydrogen-bond donors (Lipinski definition) is 2. The van der Waals surface area contributed by atoms with Gasteiger partial charge in [0, 0.05) is 11.9 Å². The maximum absolute atomic E-state index is 12.1. The summed E-state index contributed by atoms with van der Waals surface area (Å²) in [6.07, 6.45) is 1.21. The Balaban J connectivity index is 1.72. The van der Waals surface area contributed by atoms with Crippen LogP contribution in [0.2, 0.25) is 0 Å². The molecule has 0 bridgehead atoms. The molecule has 2 N–H and O–H groups in total. The van der Waals surface area contributed by atoms with Gasteiger partial charge < -0.3 is 15.2 Å². The van der Waals surface area contributed by atoms with Gasteiger partial charge in [0.25, 0.3) is 0 Å². The van der Waals surface area contributed by atoms with Gasteiger partial charge in [-0.05, 0) is 32.0 Å². The lowest BCUT2D eigenvalue weighted by Gasteiger charge is -2.24. The molecule has 0 aliphatic carbocycles. The van der Waals surface area contributed by atoms with E-state index >= 15 is 0 Å². The molecule has 0 radical (unpaired) electrons. The first-order chi connectivity index (χ1) is 9.16. The molecular formula is C14H17N3O2. The molecule has 0 saturated carbocycles. The second-order valence-corrected chi connectivity index (χ2v) is 5.34. The van der Waals surface area contributed by atoms with Crippen LogP contribution in [0.25, 0.3) is 11.0 Å². The summed E-state index contributed by atoms with van der Waals surface area (Å²) in [5.41, 5.74) is 1.28. The minimum atomic E-state index is -0.142. The molecule has 1 aromatic heterocycles. The minimum Gasteiger partial charge on any atom is -0.356 e. The topological polar surface area (TPSA) is 67.2 Å². The third-order valence-electron chi connectivity index (χ3n) is 3.59. The van der Waals surface area contributed by atoms with Crippen molar-refractivity contribution in [1.82, 2.24) is 15.8 Å². The Morgan fingerprint density at radius 1 is 1.53 bits per heavy atom. The van der Waals surface area contributed by atoms with Crippen molar-refractivity contribution in [3.8, 4) is 0 Å². The molecule has 5 heteroatoms. The number of hydrogen-bond acceptors (Lipinski definition) is 4. The molecule has 0 spiro atoms. The summed E-state index contributed by atoms with van der Waals surface area (Å²) in [7, 11) is 0. The second-order valence-electron chi connectivity index (χ2n) is 5.34. The van der Waals surface area contributed by atoms with Gasteiger partial charge >= 0.3 is 0 Å². The fourth-order valence-corrected chi connectivity index (χ4v) is 2.52. The smallest absolute Gasteiger partial charge is 0.226 e. The Morgan fingerprint density at radius 3 is 3.16 bits per heavy atom. The lowest BCUT2D eigenvalue weighted by Crippen LogP contribution is -2.48. The van der Waals surface area contributed by atoms with Crippen LogP contribution in [0.4, 0.5) is 0 Å². The van der Waals surface area contributed by atoms with E-state index in [-0.39, 0.29) is 17.9 Å². The van der Waals surface area contributed by atoms with E-state index in [0.717, 1.165) is 30.5 Å². The van der Waals surface area contributed by atoms with Gasteiger partial charge in [0.2, 0.25) is 5.91 Å². The Labute approximate surface area is 111 Å². The summed E-state index contributed by atoms with van der Waals surface area (Å²) in [6.45, 7) is 3.83. The summed E-state index contributed by atoms with van der Waals surface area (Å²) in [5, 5.41) is 11.2. The van der Waals surface area contributed by atoms with E-state index in [9.17, 15) is 4.79 Å². The van der Waals surface area contributed by atoms with Gasteiger partial charge in [-0.1, -0.05) is 17.3 Å². The molecule has 100 valence electrons. The minimum absolute atomic E-state index is 0.00902. The molecule has 1 aliphatic rings. The number of nitrogens with zero attached hydrogens (tertiary/aromatic N) is 1. The molecule has 2 heterocycles. The van der Waals surface area contributed by atoms with Crippen molar-refractivity contribution in [1.29, 1.82) is 0 Å². The van der Waals surface area contributed by atoms with Gasteiger partial charge in [0.1, 0.15) is 5.69 Å². The second kappa shape index (κ2) is 4.66. The standard InChI is InChI=1S/C14H17N3O2/c1-14(6-7-15-9-14)16-13(18)8-11-10-4-2-3-5-12(10)19-17-11/h2-5,15H,6-9H2,1H3,(H,16,18). The number of carbonyl (C=O) groups is 1. The third kappa shape index (κ3) is 2.46. The molecule has 1 aromatic carbocycles. The molecule has 1 saturated heterocycles. The zero-order valence-corrected chi connectivity index (χ0v) is 10.9. The number of aromatic nitrogens is 1. The zero-order valence-electron chi connectivity index (χ0n) is 10.9. The van der Waals surface area contributed by atoms with Crippen molar-refractivity contribution in [2.45, 2.75) is 25.3 Å². The van der Waals surface area contributed by atoms with Crippen LogP contribution in [0.5, 0.6) is 0 Å². The first kappa shape index (κ1) is 12.2. The van der Waals surface area contributed by atoms with E-state index in [1.165, 1.54) is 0 Å². The van der Waals surface area contributed by atoms with Gasteiger partial charge in [-0.2, -0.15) is 0 Å². The quantitative estimate of drug-likeness (QED) is 0.870. The largest absolute Gasteiger partial charge is 0.356 e. The van der Waals surface area contributed by atoms with Crippen molar-refractivity contribution >= 4 is 16.9 Å². The van der Waals surface area contributed by atoms with Gasteiger partial charge in [-0.25, -0.2) is 0 Å². The first-order valence-electron chi connectivity index (χ1n) is 6.51. The van der Waals surface area contributed by atoms with E-state index in [1.54, 1.807) is 0 Å². The highest BCUT2D eigenvalue weighted by molar-refractivity contribution is 5.86. The lowest BCUT2D eigenvalue weighted by atomic mass is 10.0. The fourth-order valence-electron chi connectivity index (χ4n) is 2.52. The van der Waals surface area contributed by atoms with Crippen LogP contribution in [-0.4, -0.2) is 29.7 Å². The number of nitrogens with one attached hydrogen (secondary N) is 2. The van der Waals surface area contributed by atoms with Crippen LogP contribution in [-0.2, 0) is 11.2 Å². The molecule has 19 heavy (non-hydrogen) atoms. The first-order valence-corrected chi connectivity index (χ1v) is 6.51. The van der Waals surface area contributed by atoms with Crippen LogP contribution in [0.15, 0.2) is 28.8 Å². The maximum Gasteiger partial charge on any atom is 0.226 e. The van der Waals surface area contributed by atoms with Gasteiger partial charge in [-0.3, -0.25) is 4.79 Å². The molecule has 2 aromatic rings. The van der Waals surface area contributed by atoms with E-state index in [0.29, 0.717) is 5.69 Å². The molecule has 1 fully saturated rings. The molecule has 1 unspecified atom stereocenters. The van der Waals surface area contributed by atoms with Gasteiger partial charge in [-0.15, -0.1) is 0 Å². The SMILES string of the molecule is CC1(NC(=O)Cc2noc3ccccc23)CCNC1. The molecule has 5 nitrogen and oxygen atoms in total. The highest BCUT2D eigenvalue weighted by Gasteiger charge is 2.30. The van der Waals surface area contributed by atoms with Gasteiger partial charge in [0.05, 0.1) is 12.0 Å². The highest BCUT2D eigenvalue weighted by atomic mass is 16.5. The van der Waals surface area contributed by atoms with Gasteiger partial charge in [0.15, 0.2) is 5.58 Å². The normalized spacial score (nSPS) is 22.8. The number of carbonyl (C=O) groups excluding carboxylic acids is 1. The summed E-state index contributed by atoms with van der Waals surface area (Å²) in [5.74, 6) is -0.00902. The Hall–Kier alpha value is -1.88. The van der Waals surface area contributed by atoms with Crippen molar-refractivity contribution in [2.75, 3.05) is 13.1 Å². The lowest BCUT2D eigenvalue weighted by molar-refractivity contribution is -0.122. The van der Waals surface area contributed by atoms with Crippen molar-refractivity contribution in [2.24, 2.45) is 0 Å². The van der Waals surface area contributed by atoms with E-state index in [2.05, 4.69) is 22.7 Å². The Kier molecular flexibility index (Phi) is 2.98. The van der Waals surface area contributed by atoms with Crippen molar-refractivity contribution in [3.63, 3.8) is 0 Å². The summed E-state index contributed by atoms with van der Waals surface area (Å²) < 4.78 is 5.20. The third-order valence-corrected chi connectivity index (χ3v) is 3.59. The number of fused-ring (bicyclic) bond motifs is 1. The highest BCUT2D eigenvalue weighted by Crippen LogP contribution is 2.19. The number of para-hydroxylation sites is 1. The van der Waals surface area contributed by atoms with Crippen LogP contribution in [0, 0.1) is 0 Å². The predicted molar refractivity (Wildman–Crippen MR) is 71.7 cm³/mol. The zero-order chi connectivity index (χ0) is 13.3. The summed E-state index contributed by atoms with van der Waals surface area (Å²) in [6, 6.07) is 7.59. The molecule has 3 rings (SSSR count). The number of benzene rings is 1. The van der Waals surface area contributed by atoms with Crippen LogP contribution in [0.3, 0.4) is 0 Å². The number of rotatable bonds is 3. The molecule has 1 amide bonds. The summed E-state index contributed by atoms with van der Waals surface area (Å²) in [4.78, 5) is 12.1. The Morgan fingerprint density at radius 2 is 2.37 bits per heavy atom. The average molecular weight is 259 g/mol. The predicted octanol–water partition coefficient (Wildman–Crippen LogP) is 1.24.